The first-order valence-corrected chi connectivity index (χ1v) is 5.83. The van der Waals surface area contributed by atoms with Gasteiger partial charge in [-0.15, -0.1) is 5.10 Å². The van der Waals surface area contributed by atoms with E-state index in [-0.39, 0.29) is 5.69 Å². The number of aromatic nitrogens is 5. The molecule has 0 atom stereocenters. The van der Waals surface area contributed by atoms with Gasteiger partial charge in [-0.25, -0.2) is 14.5 Å². The van der Waals surface area contributed by atoms with Gasteiger partial charge in [0.05, 0.1) is 37.6 Å². The fraction of sp³-hybridized carbons (Fsp3) is 0.455. The second-order valence-electron chi connectivity index (χ2n) is 4.07. The third kappa shape index (κ3) is 2.63. The lowest BCUT2D eigenvalue weighted by molar-refractivity contribution is 0.0592. The number of aryl methyl sites for hydroxylation is 1. The van der Waals surface area contributed by atoms with Crippen molar-refractivity contribution in [3.63, 3.8) is 0 Å². The average molecular weight is 264 g/mol. The summed E-state index contributed by atoms with van der Waals surface area (Å²) in [4.78, 5) is 15.6. The molecule has 2 rings (SSSR count). The number of nitrogens with two attached hydrogens (primary N) is 1. The Morgan fingerprint density at radius 3 is 2.89 bits per heavy atom. The molecule has 2 aromatic rings. The van der Waals surface area contributed by atoms with E-state index in [0.29, 0.717) is 25.2 Å². The molecule has 0 saturated heterocycles. The number of hydrogen-bond donors (Lipinski definition) is 1. The predicted octanol–water partition coefficient (Wildman–Crippen LogP) is -0.652. The number of imidazole rings is 1. The zero-order valence-electron chi connectivity index (χ0n) is 10.9. The Morgan fingerprint density at radius 2 is 2.32 bits per heavy atom. The second-order valence-corrected chi connectivity index (χ2v) is 4.07. The number of nitrogens with zero attached hydrogens (tertiary/aromatic N) is 5. The molecule has 0 aromatic carbocycles. The smallest absolute Gasteiger partial charge is 0.360 e. The molecule has 0 spiro atoms. The van der Waals surface area contributed by atoms with Crippen molar-refractivity contribution in [2.45, 2.75) is 13.0 Å². The van der Waals surface area contributed by atoms with E-state index in [9.17, 15) is 4.79 Å². The molecule has 102 valence electrons. The third-order valence-electron chi connectivity index (χ3n) is 2.83. The van der Waals surface area contributed by atoms with Gasteiger partial charge in [0.15, 0.2) is 5.69 Å². The monoisotopic (exact) mass is 264 g/mol. The summed E-state index contributed by atoms with van der Waals surface area (Å²) in [5.74, 6) is -0.500. The van der Waals surface area contributed by atoms with E-state index >= 15 is 0 Å². The fourth-order valence-corrected chi connectivity index (χ4v) is 1.79. The van der Waals surface area contributed by atoms with Crippen LogP contribution < -0.4 is 5.73 Å². The zero-order chi connectivity index (χ0) is 13.8. The summed E-state index contributed by atoms with van der Waals surface area (Å²) in [7, 11) is 3.21. The molecule has 2 N–H and O–H groups in total. The van der Waals surface area contributed by atoms with Crippen molar-refractivity contribution < 1.29 is 9.53 Å². The Labute approximate surface area is 110 Å². The van der Waals surface area contributed by atoms with Gasteiger partial charge in [0, 0.05) is 13.5 Å². The lowest BCUT2D eigenvalue weighted by Crippen LogP contribution is -2.15. The van der Waals surface area contributed by atoms with E-state index in [1.54, 1.807) is 17.2 Å². The SMILES string of the molecule is COC(=O)c1nnn(Cc2cncn2C)c1CCN. The van der Waals surface area contributed by atoms with Crippen LogP contribution in [0.5, 0.6) is 0 Å². The molecule has 0 saturated carbocycles. The van der Waals surface area contributed by atoms with E-state index in [0.717, 1.165) is 5.69 Å². The molecule has 2 heterocycles. The molecule has 0 aliphatic rings. The number of carbonyl (C=O) groups excluding carboxylic acids is 1. The lowest BCUT2D eigenvalue weighted by atomic mass is 10.2. The Balaban J connectivity index is 2.32. The minimum atomic E-state index is -0.500. The minimum absolute atomic E-state index is 0.218. The Hall–Kier alpha value is -2.22. The first-order valence-electron chi connectivity index (χ1n) is 5.83. The number of esters is 1. The van der Waals surface area contributed by atoms with E-state index in [1.165, 1.54) is 7.11 Å². The topological polar surface area (TPSA) is 101 Å². The maximum atomic E-state index is 11.6. The van der Waals surface area contributed by atoms with Crippen molar-refractivity contribution in [3.05, 3.63) is 29.6 Å². The fourth-order valence-electron chi connectivity index (χ4n) is 1.79. The summed E-state index contributed by atoms with van der Waals surface area (Å²) in [6.07, 6.45) is 3.96. The van der Waals surface area contributed by atoms with Crippen molar-refractivity contribution in [1.82, 2.24) is 24.5 Å². The molecule has 0 aliphatic heterocycles. The molecule has 8 heteroatoms. The zero-order valence-corrected chi connectivity index (χ0v) is 10.9. The largest absolute Gasteiger partial charge is 0.464 e. The van der Waals surface area contributed by atoms with E-state index < -0.39 is 5.97 Å². The number of hydrogen-bond acceptors (Lipinski definition) is 6. The number of carbonyl (C=O) groups is 1. The van der Waals surface area contributed by atoms with Crippen LogP contribution in [0.15, 0.2) is 12.5 Å². The van der Waals surface area contributed by atoms with Crippen LogP contribution in [0.25, 0.3) is 0 Å². The summed E-state index contributed by atoms with van der Waals surface area (Å²) in [6.45, 7) is 0.887. The molecule has 2 aromatic heterocycles. The molecule has 0 bridgehead atoms. The maximum Gasteiger partial charge on any atom is 0.360 e. The van der Waals surface area contributed by atoms with Crippen LogP contribution >= 0.6 is 0 Å². The van der Waals surface area contributed by atoms with Gasteiger partial charge in [0.2, 0.25) is 0 Å². The highest BCUT2D eigenvalue weighted by Crippen LogP contribution is 2.10. The van der Waals surface area contributed by atoms with Crippen LogP contribution in [-0.4, -0.2) is 44.2 Å². The number of ether oxygens (including phenoxy) is 1. The van der Waals surface area contributed by atoms with Crippen molar-refractivity contribution in [3.8, 4) is 0 Å². The van der Waals surface area contributed by atoms with E-state index in [4.69, 9.17) is 5.73 Å². The summed E-state index contributed by atoms with van der Waals surface area (Å²) in [6, 6.07) is 0. The highest BCUT2D eigenvalue weighted by atomic mass is 16.5. The predicted molar refractivity (Wildman–Crippen MR) is 66.4 cm³/mol. The van der Waals surface area contributed by atoms with E-state index in [1.807, 2.05) is 11.6 Å². The van der Waals surface area contributed by atoms with Crippen LogP contribution in [0.4, 0.5) is 0 Å². The van der Waals surface area contributed by atoms with Gasteiger partial charge in [-0.3, -0.25) is 0 Å². The molecule has 19 heavy (non-hydrogen) atoms. The Bertz CT molecular complexity index is 574. The van der Waals surface area contributed by atoms with Crippen LogP contribution in [-0.2, 0) is 24.8 Å². The van der Waals surface area contributed by atoms with Gasteiger partial charge in [0.1, 0.15) is 0 Å². The Morgan fingerprint density at radius 1 is 1.53 bits per heavy atom. The van der Waals surface area contributed by atoms with Crippen LogP contribution in [0.2, 0.25) is 0 Å². The Kier molecular flexibility index (Phi) is 3.91. The summed E-state index contributed by atoms with van der Waals surface area (Å²) in [5.41, 5.74) is 7.42. The van der Waals surface area contributed by atoms with Gasteiger partial charge >= 0.3 is 5.97 Å². The second kappa shape index (κ2) is 5.61. The number of rotatable bonds is 5. The highest BCUT2D eigenvalue weighted by Gasteiger charge is 2.20. The molecule has 0 amide bonds. The summed E-state index contributed by atoms with van der Waals surface area (Å²) < 4.78 is 8.21. The lowest BCUT2D eigenvalue weighted by Gasteiger charge is -2.07. The molecule has 0 radical (unpaired) electrons. The molecule has 8 nitrogen and oxygen atoms in total. The normalized spacial score (nSPS) is 10.7. The first kappa shape index (κ1) is 13.2. The van der Waals surface area contributed by atoms with Crippen LogP contribution in [0.1, 0.15) is 21.9 Å². The molecular formula is C11H16N6O2. The summed E-state index contributed by atoms with van der Waals surface area (Å²) >= 11 is 0. The van der Waals surface area contributed by atoms with Gasteiger partial charge in [-0.1, -0.05) is 5.21 Å². The first-order chi connectivity index (χ1) is 9.17. The van der Waals surface area contributed by atoms with Crippen molar-refractivity contribution in [1.29, 1.82) is 0 Å². The van der Waals surface area contributed by atoms with Crippen LogP contribution in [0.3, 0.4) is 0 Å². The van der Waals surface area contributed by atoms with Gasteiger partial charge in [0.25, 0.3) is 0 Å². The van der Waals surface area contributed by atoms with Crippen LogP contribution in [0, 0.1) is 0 Å². The minimum Gasteiger partial charge on any atom is -0.464 e. The van der Waals surface area contributed by atoms with E-state index in [2.05, 4.69) is 20.0 Å². The average Bonchev–Trinajstić information content (AvgIpc) is 2.98. The molecule has 0 fully saturated rings. The standard InChI is InChI=1S/C11H16N6O2/c1-16-7-13-5-8(16)6-17-9(3-4-12)10(14-15-17)11(18)19-2/h5,7H,3-4,6,12H2,1-2H3. The highest BCUT2D eigenvalue weighted by molar-refractivity contribution is 5.88. The number of methoxy groups -OCH3 is 1. The maximum absolute atomic E-state index is 11.6. The van der Waals surface area contributed by atoms with Gasteiger partial charge in [-0.05, 0) is 6.54 Å². The molecular weight excluding hydrogens is 248 g/mol. The molecule has 0 aliphatic carbocycles. The van der Waals surface area contributed by atoms with Gasteiger partial charge in [-0.2, -0.15) is 0 Å². The molecule has 0 unspecified atom stereocenters. The third-order valence-corrected chi connectivity index (χ3v) is 2.83. The van der Waals surface area contributed by atoms with Gasteiger partial charge < -0.3 is 15.0 Å². The summed E-state index contributed by atoms with van der Waals surface area (Å²) in [5, 5.41) is 7.86. The van der Waals surface area contributed by atoms with Crippen molar-refractivity contribution >= 4 is 5.97 Å². The van der Waals surface area contributed by atoms with Crippen molar-refractivity contribution in [2.24, 2.45) is 12.8 Å². The quantitative estimate of drug-likeness (QED) is 0.720. The van der Waals surface area contributed by atoms with Crippen molar-refractivity contribution in [2.75, 3.05) is 13.7 Å².